The highest BCUT2D eigenvalue weighted by Gasteiger charge is 2.13. The number of thiocarbonyl (C=S) groups is 1. The van der Waals surface area contributed by atoms with Gasteiger partial charge in [-0.3, -0.25) is 0 Å². The highest BCUT2D eigenvalue weighted by molar-refractivity contribution is 14.1. The van der Waals surface area contributed by atoms with Gasteiger partial charge in [0.05, 0.1) is 8.43 Å². The minimum absolute atomic E-state index is 0.0441. The molecular formula is C7H2F3IS. The zero-order chi connectivity index (χ0) is 9.30. The Balaban J connectivity index is 3.38. The molecule has 0 spiro atoms. The summed E-state index contributed by atoms with van der Waals surface area (Å²) >= 11 is 6.16. The van der Waals surface area contributed by atoms with E-state index < -0.39 is 17.5 Å². The molecule has 1 aromatic carbocycles. The summed E-state index contributed by atoms with van der Waals surface area (Å²) in [5.41, 5.74) is -0.341. The Labute approximate surface area is 85.9 Å². The van der Waals surface area contributed by atoms with Crippen LogP contribution in [0.4, 0.5) is 13.2 Å². The van der Waals surface area contributed by atoms with Gasteiger partial charge >= 0.3 is 0 Å². The van der Waals surface area contributed by atoms with Gasteiger partial charge in [0.15, 0.2) is 0 Å². The maximum atomic E-state index is 12.8. The maximum absolute atomic E-state index is 12.8. The SMILES string of the molecule is Fc1cc(F)c(C(=S)I)c(F)c1. The third-order valence-corrected chi connectivity index (χ3v) is 1.95. The zero-order valence-electron chi connectivity index (χ0n) is 5.57. The van der Waals surface area contributed by atoms with Gasteiger partial charge in [-0.05, 0) is 22.6 Å². The van der Waals surface area contributed by atoms with Crippen molar-refractivity contribution in [3.8, 4) is 0 Å². The van der Waals surface area contributed by atoms with Crippen LogP contribution in [-0.4, -0.2) is 2.87 Å². The van der Waals surface area contributed by atoms with E-state index in [0.717, 1.165) is 0 Å². The average molecular weight is 302 g/mol. The van der Waals surface area contributed by atoms with E-state index in [2.05, 4.69) is 12.2 Å². The summed E-state index contributed by atoms with van der Waals surface area (Å²) in [4.78, 5) is 0. The lowest BCUT2D eigenvalue weighted by molar-refractivity contribution is 0.541. The van der Waals surface area contributed by atoms with E-state index in [-0.39, 0.29) is 8.43 Å². The zero-order valence-corrected chi connectivity index (χ0v) is 8.55. The monoisotopic (exact) mass is 302 g/mol. The van der Waals surface area contributed by atoms with Crippen molar-refractivity contribution in [3.63, 3.8) is 0 Å². The summed E-state index contributed by atoms with van der Waals surface area (Å²) in [6, 6.07) is 1.20. The van der Waals surface area contributed by atoms with E-state index in [1.807, 2.05) is 0 Å². The minimum atomic E-state index is -0.966. The molecule has 0 amide bonds. The first-order valence-electron chi connectivity index (χ1n) is 2.86. The summed E-state index contributed by atoms with van der Waals surface area (Å²) in [6.45, 7) is 0. The normalized spacial score (nSPS) is 10.0. The van der Waals surface area contributed by atoms with E-state index >= 15 is 0 Å². The second-order valence-corrected chi connectivity index (χ2v) is 4.24. The molecule has 0 bridgehead atoms. The molecule has 64 valence electrons. The second-order valence-electron chi connectivity index (χ2n) is 2.02. The molecular weight excluding hydrogens is 300 g/mol. The van der Waals surface area contributed by atoms with E-state index in [0.29, 0.717) is 12.1 Å². The molecule has 0 unspecified atom stereocenters. The topological polar surface area (TPSA) is 0 Å². The Morgan fingerprint density at radius 3 is 1.92 bits per heavy atom. The number of benzene rings is 1. The fraction of sp³-hybridized carbons (Fsp3) is 0. The number of rotatable bonds is 1. The van der Waals surface area contributed by atoms with Crippen LogP contribution in [0.25, 0.3) is 0 Å². The van der Waals surface area contributed by atoms with Gasteiger partial charge < -0.3 is 0 Å². The van der Waals surface area contributed by atoms with Crippen LogP contribution in [0.15, 0.2) is 12.1 Å². The van der Waals surface area contributed by atoms with Crippen molar-refractivity contribution < 1.29 is 13.2 Å². The van der Waals surface area contributed by atoms with Gasteiger partial charge in [0.1, 0.15) is 17.5 Å². The number of hydrogen-bond acceptors (Lipinski definition) is 1. The van der Waals surface area contributed by atoms with Crippen LogP contribution in [0.2, 0.25) is 0 Å². The van der Waals surface area contributed by atoms with Crippen molar-refractivity contribution in [3.05, 3.63) is 35.1 Å². The predicted molar refractivity (Wildman–Crippen MR) is 52.0 cm³/mol. The fourth-order valence-corrected chi connectivity index (χ4v) is 1.44. The lowest BCUT2D eigenvalue weighted by Crippen LogP contribution is -1.98. The number of halogens is 4. The van der Waals surface area contributed by atoms with Crippen LogP contribution in [-0.2, 0) is 0 Å². The molecule has 0 nitrogen and oxygen atoms in total. The lowest BCUT2D eigenvalue weighted by Gasteiger charge is -2.00. The first-order chi connectivity index (χ1) is 5.52. The molecule has 0 atom stereocenters. The molecule has 0 fully saturated rings. The molecule has 0 radical (unpaired) electrons. The van der Waals surface area contributed by atoms with Gasteiger partial charge in [-0.15, -0.1) is 0 Å². The molecule has 1 rings (SSSR count). The van der Waals surface area contributed by atoms with Crippen molar-refractivity contribution in [1.82, 2.24) is 0 Å². The molecule has 0 N–H and O–H groups in total. The molecule has 0 saturated heterocycles. The predicted octanol–water partition coefficient (Wildman–Crippen LogP) is 3.21. The molecule has 5 heteroatoms. The van der Waals surface area contributed by atoms with Gasteiger partial charge in [-0.25, -0.2) is 13.2 Å². The Morgan fingerprint density at radius 1 is 1.17 bits per heavy atom. The molecule has 0 aliphatic rings. The van der Waals surface area contributed by atoms with Crippen molar-refractivity contribution in [2.45, 2.75) is 0 Å². The van der Waals surface area contributed by atoms with Gasteiger partial charge in [-0.1, -0.05) is 12.2 Å². The maximum Gasteiger partial charge on any atom is 0.138 e. The van der Waals surface area contributed by atoms with Gasteiger partial charge in [-0.2, -0.15) is 0 Å². The molecule has 0 heterocycles. The van der Waals surface area contributed by atoms with E-state index in [1.54, 1.807) is 22.6 Å². The second kappa shape index (κ2) is 3.69. The summed E-state index contributed by atoms with van der Waals surface area (Å²) in [7, 11) is 0. The molecule has 0 aliphatic carbocycles. The summed E-state index contributed by atoms with van der Waals surface area (Å²) in [5.74, 6) is -2.87. The minimum Gasteiger partial charge on any atom is -0.207 e. The fourth-order valence-electron chi connectivity index (χ4n) is 0.730. The molecule has 0 aromatic heterocycles. The average Bonchev–Trinajstić information content (AvgIpc) is 1.82. The Morgan fingerprint density at radius 2 is 1.58 bits per heavy atom. The van der Waals surface area contributed by atoms with Crippen LogP contribution in [0.5, 0.6) is 0 Å². The van der Waals surface area contributed by atoms with Crippen molar-refractivity contribution in [2.75, 3.05) is 0 Å². The highest BCUT2D eigenvalue weighted by Crippen LogP contribution is 2.18. The summed E-state index contributed by atoms with van der Waals surface area (Å²) in [6.07, 6.45) is 0. The van der Waals surface area contributed by atoms with Crippen LogP contribution in [0.1, 0.15) is 5.56 Å². The van der Waals surface area contributed by atoms with Crippen LogP contribution in [0.3, 0.4) is 0 Å². The third-order valence-electron chi connectivity index (χ3n) is 1.20. The highest BCUT2D eigenvalue weighted by atomic mass is 127. The van der Waals surface area contributed by atoms with Gasteiger partial charge in [0, 0.05) is 12.1 Å². The molecule has 12 heavy (non-hydrogen) atoms. The first kappa shape index (κ1) is 9.91. The first-order valence-corrected chi connectivity index (χ1v) is 4.35. The molecule has 0 aliphatic heterocycles. The van der Waals surface area contributed by atoms with E-state index in [9.17, 15) is 13.2 Å². The molecule has 1 aromatic rings. The van der Waals surface area contributed by atoms with Crippen LogP contribution < -0.4 is 0 Å². The Bertz CT molecular complexity index is 314. The quantitative estimate of drug-likeness (QED) is 0.436. The standard InChI is InChI=1S/C7H2F3IS/c8-3-1-4(9)6(7(11)12)5(10)2-3/h1-2H. The van der Waals surface area contributed by atoms with Gasteiger partial charge in [0.2, 0.25) is 0 Å². The summed E-state index contributed by atoms with van der Waals surface area (Å²) in [5, 5.41) is 0. The molecule has 0 saturated carbocycles. The van der Waals surface area contributed by atoms with Crippen LogP contribution in [0, 0.1) is 17.5 Å². The van der Waals surface area contributed by atoms with E-state index in [1.165, 1.54) is 0 Å². The largest absolute Gasteiger partial charge is 0.207 e. The Kier molecular flexibility index (Phi) is 3.05. The number of hydrogen-bond donors (Lipinski definition) is 0. The van der Waals surface area contributed by atoms with Crippen LogP contribution >= 0.6 is 34.8 Å². The third kappa shape index (κ3) is 1.95. The van der Waals surface area contributed by atoms with Gasteiger partial charge in [0.25, 0.3) is 0 Å². The summed E-state index contributed by atoms with van der Waals surface area (Å²) < 4.78 is 38.0. The smallest absolute Gasteiger partial charge is 0.138 e. The Hall–Kier alpha value is -0.170. The van der Waals surface area contributed by atoms with Crippen molar-refractivity contribution in [2.24, 2.45) is 0 Å². The van der Waals surface area contributed by atoms with Crippen molar-refractivity contribution in [1.29, 1.82) is 0 Å². The van der Waals surface area contributed by atoms with Crippen molar-refractivity contribution >= 4 is 37.7 Å². The van der Waals surface area contributed by atoms with E-state index in [4.69, 9.17) is 0 Å². The lowest BCUT2D eigenvalue weighted by atomic mass is 10.2.